The highest BCUT2D eigenvalue weighted by Gasteiger charge is 2.44. The van der Waals surface area contributed by atoms with Crippen molar-refractivity contribution >= 4 is 15.7 Å². The van der Waals surface area contributed by atoms with Gasteiger partial charge in [0.1, 0.15) is 5.69 Å². The number of furan rings is 1. The van der Waals surface area contributed by atoms with Gasteiger partial charge in [-0.1, -0.05) is 19.3 Å². The van der Waals surface area contributed by atoms with Gasteiger partial charge in [0, 0.05) is 19.2 Å². The lowest BCUT2D eigenvalue weighted by Gasteiger charge is -2.40. The third-order valence-corrected chi connectivity index (χ3v) is 7.83. The SMILES string of the molecule is O=C(c1cc(-c2ccco2)[nH]n1)N1CC(S(=O)(=O)C2CCCCC2)C1. The zero-order valence-corrected chi connectivity index (χ0v) is 14.7. The van der Waals surface area contributed by atoms with Crippen LogP contribution in [0.5, 0.6) is 0 Å². The summed E-state index contributed by atoms with van der Waals surface area (Å²) in [6.45, 7) is 0.529. The molecule has 1 saturated carbocycles. The van der Waals surface area contributed by atoms with E-state index in [1.165, 1.54) is 0 Å². The van der Waals surface area contributed by atoms with Crippen LogP contribution in [-0.2, 0) is 9.84 Å². The summed E-state index contributed by atoms with van der Waals surface area (Å²) in [7, 11) is -3.14. The molecule has 1 saturated heterocycles. The smallest absolute Gasteiger partial charge is 0.274 e. The van der Waals surface area contributed by atoms with Crippen LogP contribution >= 0.6 is 0 Å². The topological polar surface area (TPSA) is 96.3 Å². The molecule has 0 spiro atoms. The Balaban J connectivity index is 1.39. The summed E-state index contributed by atoms with van der Waals surface area (Å²) in [5.74, 6) is 0.358. The predicted molar refractivity (Wildman–Crippen MR) is 91.8 cm³/mol. The van der Waals surface area contributed by atoms with Gasteiger partial charge in [0.2, 0.25) is 0 Å². The van der Waals surface area contributed by atoms with Crippen LogP contribution in [0.25, 0.3) is 11.5 Å². The minimum Gasteiger partial charge on any atom is -0.463 e. The molecule has 2 fully saturated rings. The average molecular weight is 363 g/mol. The second kappa shape index (κ2) is 6.33. The Morgan fingerprint density at radius 2 is 1.96 bits per heavy atom. The second-order valence-corrected chi connectivity index (χ2v) is 9.34. The number of likely N-dealkylation sites (tertiary alicyclic amines) is 1. The Hall–Kier alpha value is -2.09. The first kappa shape index (κ1) is 16.4. The third kappa shape index (κ3) is 2.99. The van der Waals surface area contributed by atoms with E-state index in [2.05, 4.69) is 10.2 Å². The monoisotopic (exact) mass is 363 g/mol. The van der Waals surface area contributed by atoms with Crippen LogP contribution in [0.3, 0.4) is 0 Å². The van der Waals surface area contributed by atoms with E-state index >= 15 is 0 Å². The molecule has 8 heteroatoms. The Morgan fingerprint density at radius 1 is 1.20 bits per heavy atom. The molecule has 1 N–H and O–H groups in total. The average Bonchev–Trinajstić information content (AvgIpc) is 3.25. The number of sulfone groups is 1. The van der Waals surface area contributed by atoms with Gasteiger partial charge in [0.05, 0.1) is 16.8 Å². The number of rotatable bonds is 4. The summed E-state index contributed by atoms with van der Waals surface area (Å²) in [4.78, 5) is 14.0. The van der Waals surface area contributed by atoms with Gasteiger partial charge in [-0.15, -0.1) is 0 Å². The van der Waals surface area contributed by atoms with Crippen molar-refractivity contribution < 1.29 is 17.6 Å². The first-order valence-corrected chi connectivity index (χ1v) is 10.3. The van der Waals surface area contributed by atoms with Gasteiger partial charge in [-0.3, -0.25) is 9.89 Å². The number of carbonyl (C=O) groups is 1. The number of hydrogen-bond donors (Lipinski definition) is 1. The van der Waals surface area contributed by atoms with E-state index in [9.17, 15) is 13.2 Å². The fourth-order valence-electron chi connectivity index (χ4n) is 3.63. The molecule has 0 unspecified atom stereocenters. The van der Waals surface area contributed by atoms with Crippen molar-refractivity contribution in [1.82, 2.24) is 15.1 Å². The Labute approximate surface area is 146 Å². The third-order valence-electron chi connectivity index (χ3n) is 5.20. The molecule has 2 aliphatic rings. The summed E-state index contributed by atoms with van der Waals surface area (Å²) in [6.07, 6.45) is 6.17. The van der Waals surface area contributed by atoms with Crippen LogP contribution in [0.15, 0.2) is 28.9 Å². The van der Waals surface area contributed by atoms with Crippen molar-refractivity contribution in [3.05, 3.63) is 30.2 Å². The molecule has 0 bridgehead atoms. The molecule has 4 rings (SSSR count). The lowest BCUT2D eigenvalue weighted by atomic mass is 10.0. The molecule has 2 aromatic heterocycles. The maximum Gasteiger partial charge on any atom is 0.274 e. The quantitative estimate of drug-likeness (QED) is 0.899. The van der Waals surface area contributed by atoms with Gasteiger partial charge in [-0.25, -0.2) is 8.42 Å². The Kier molecular flexibility index (Phi) is 4.15. The van der Waals surface area contributed by atoms with Crippen LogP contribution in [-0.4, -0.2) is 53.0 Å². The standard InChI is InChI=1S/C17H21N3O4S/c21-17(15-9-14(18-19-15)16-7-4-8-24-16)20-10-13(11-20)25(22,23)12-5-2-1-3-6-12/h4,7-9,12-13H,1-3,5-6,10-11H2,(H,18,19). The fraction of sp³-hybridized carbons (Fsp3) is 0.529. The van der Waals surface area contributed by atoms with Gasteiger partial charge in [0.25, 0.3) is 5.91 Å². The van der Waals surface area contributed by atoms with Crippen molar-refractivity contribution in [2.45, 2.75) is 42.6 Å². The van der Waals surface area contributed by atoms with E-state index in [0.717, 1.165) is 32.1 Å². The van der Waals surface area contributed by atoms with Gasteiger partial charge in [-0.05, 0) is 25.0 Å². The molecule has 1 aliphatic carbocycles. The minimum absolute atomic E-state index is 0.223. The van der Waals surface area contributed by atoms with Crippen molar-refractivity contribution in [2.75, 3.05) is 13.1 Å². The van der Waals surface area contributed by atoms with Crippen LogP contribution in [0, 0.1) is 0 Å². The highest BCUT2D eigenvalue weighted by molar-refractivity contribution is 7.92. The van der Waals surface area contributed by atoms with Crippen LogP contribution in [0.2, 0.25) is 0 Å². The van der Waals surface area contributed by atoms with E-state index in [0.29, 0.717) is 11.5 Å². The number of carbonyl (C=O) groups excluding carboxylic acids is 1. The molecular formula is C17H21N3O4S. The molecular weight excluding hydrogens is 342 g/mol. The number of hydrogen-bond acceptors (Lipinski definition) is 5. The highest BCUT2D eigenvalue weighted by Crippen LogP contribution is 2.30. The molecule has 2 aromatic rings. The molecule has 3 heterocycles. The number of aromatic amines is 1. The first-order valence-electron chi connectivity index (χ1n) is 8.67. The zero-order valence-electron chi connectivity index (χ0n) is 13.8. The molecule has 1 amide bonds. The summed E-state index contributed by atoms with van der Waals surface area (Å²) in [5.41, 5.74) is 0.903. The molecule has 0 aromatic carbocycles. The second-order valence-electron chi connectivity index (χ2n) is 6.83. The van der Waals surface area contributed by atoms with Crippen molar-refractivity contribution in [2.24, 2.45) is 0 Å². The molecule has 7 nitrogen and oxygen atoms in total. The van der Waals surface area contributed by atoms with Crippen LogP contribution in [0.4, 0.5) is 0 Å². The Morgan fingerprint density at radius 3 is 2.64 bits per heavy atom. The normalized spacial score (nSPS) is 19.8. The number of nitrogens with one attached hydrogen (secondary N) is 1. The molecule has 25 heavy (non-hydrogen) atoms. The number of aromatic nitrogens is 2. The lowest BCUT2D eigenvalue weighted by Crippen LogP contribution is -2.58. The molecule has 0 atom stereocenters. The van der Waals surface area contributed by atoms with Gasteiger partial charge in [0.15, 0.2) is 21.3 Å². The largest absolute Gasteiger partial charge is 0.463 e. The van der Waals surface area contributed by atoms with E-state index in [1.54, 1.807) is 29.4 Å². The van der Waals surface area contributed by atoms with Crippen molar-refractivity contribution in [3.8, 4) is 11.5 Å². The highest BCUT2D eigenvalue weighted by atomic mass is 32.2. The van der Waals surface area contributed by atoms with E-state index in [4.69, 9.17) is 4.42 Å². The van der Waals surface area contributed by atoms with Gasteiger partial charge < -0.3 is 9.32 Å². The van der Waals surface area contributed by atoms with Crippen LogP contribution < -0.4 is 0 Å². The Bertz CT molecular complexity index is 844. The van der Waals surface area contributed by atoms with E-state index in [1.807, 2.05) is 0 Å². The lowest BCUT2D eigenvalue weighted by molar-refractivity contribution is 0.0652. The van der Waals surface area contributed by atoms with Gasteiger partial charge >= 0.3 is 0 Å². The van der Waals surface area contributed by atoms with Gasteiger partial charge in [-0.2, -0.15) is 5.10 Å². The fourth-order valence-corrected chi connectivity index (χ4v) is 5.94. The summed E-state index contributed by atoms with van der Waals surface area (Å²) < 4.78 is 30.6. The zero-order chi connectivity index (χ0) is 17.4. The van der Waals surface area contributed by atoms with Crippen molar-refractivity contribution in [1.29, 1.82) is 0 Å². The number of H-pyrrole nitrogens is 1. The molecule has 0 radical (unpaired) electrons. The first-order chi connectivity index (χ1) is 12.1. The minimum atomic E-state index is -3.14. The molecule has 1 aliphatic heterocycles. The summed E-state index contributed by atoms with van der Waals surface area (Å²) >= 11 is 0. The van der Waals surface area contributed by atoms with Crippen molar-refractivity contribution in [3.63, 3.8) is 0 Å². The van der Waals surface area contributed by atoms with E-state index < -0.39 is 15.1 Å². The number of nitrogens with zero attached hydrogens (tertiary/aromatic N) is 2. The summed E-state index contributed by atoms with van der Waals surface area (Å²) in [5, 5.41) is 6.15. The number of amides is 1. The predicted octanol–water partition coefficient (Wildman–Crippen LogP) is 2.24. The summed E-state index contributed by atoms with van der Waals surface area (Å²) in [6, 6.07) is 5.16. The van der Waals surface area contributed by atoms with E-state index in [-0.39, 0.29) is 29.9 Å². The maximum atomic E-state index is 12.7. The molecule has 134 valence electrons. The van der Waals surface area contributed by atoms with Crippen LogP contribution in [0.1, 0.15) is 42.6 Å². The maximum absolute atomic E-state index is 12.7.